The molecule has 1 fully saturated rings. The smallest absolute Gasteiger partial charge is 0.159 e. The predicted molar refractivity (Wildman–Crippen MR) is 61.3 cm³/mol. The third-order valence-electron chi connectivity index (χ3n) is 2.52. The summed E-state index contributed by atoms with van der Waals surface area (Å²) < 4.78 is 10.9. The van der Waals surface area contributed by atoms with E-state index in [2.05, 4.69) is 0 Å². The van der Waals surface area contributed by atoms with Gasteiger partial charge in [0.15, 0.2) is 5.78 Å². The molecular weight excluding hydrogens is 228 g/mol. The van der Waals surface area contributed by atoms with Crippen LogP contribution in [0.5, 0.6) is 5.75 Å². The molecule has 0 radical (unpaired) electrons. The Kier molecular flexibility index (Phi) is 3.46. The third-order valence-corrected chi connectivity index (χ3v) is 2.82. The summed E-state index contributed by atoms with van der Waals surface area (Å²) in [6.45, 7) is 2.84. The second kappa shape index (κ2) is 4.85. The molecule has 1 saturated heterocycles. The quantitative estimate of drug-likeness (QED) is 0.762. The van der Waals surface area contributed by atoms with E-state index in [1.165, 1.54) is 6.92 Å². The molecule has 0 aromatic heterocycles. The van der Waals surface area contributed by atoms with Crippen molar-refractivity contribution in [1.29, 1.82) is 0 Å². The molecule has 0 amide bonds. The fourth-order valence-electron chi connectivity index (χ4n) is 1.60. The average molecular weight is 241 g/mol. The van der Waals surface area contributed by atoms with Crippen molar-refractivity contribution in [3.05, 3.63) is 28.8 Å². The number of ether oxygens (including phenoxy) is 2. The number of Topliss-reactive ketones (excluding diaryl/α,β-unsaturated/α-hetero) is 1. The molecular formula is C12H13ClO3. The van der Waals surface area contributed by atoms with Crippen molar-refractivity contribution in [3.8, 4) is 5.75 Å². The molecule has 86 valence electrons. The molecule has 1 aliphatic rings. The van der Waals surface area contributed by atoms with Crippen LogP contribution in [0.2, 0.25) is 5.02 Å². The minimum Gasteiger partial charge on any atom is -0.486 e. The van der Waals surface area contributed by atoms with Gasteiger partial charge in [0.2, 0.25) is 0 Å². The van der Waals surface area contributed by atoms with Crippen LogP contribution >= 0.6 is 11.6 Å². The lowest BCUT2D eigenvalue weighted by Crippen LogP contribution is -2.15. The Balaban J connectivity index is 2.12. The summed E-state index contributed by atoms with van der Waals surface area (Å²) in [5.41, 5.74) is 0.597. The molecule has 1 unspecified atom stereocenters. The van der Waals surface area contributed by atoms with E-state index >= 15 is 0 Å². The minimum atomic E-state index is -0.00218. The van der Waals surface area contributed by atoms with Crippen molar-refractivity contribution < 1.29 is 14.3 Å². The Morgan fingerprint density at radius 2 is 2.38 bits per heavy atom. The maximum Gasteiger partial charge on any atom is 0.159 e. The summed E-state index contributed by atoms with van der Waals surface area (Å²) in [7, 11) is 0. The van der Waals surface area contributed by atoms with Crippen LogP contribution in [0.4, 0.5) is 0 Å². The first-order valence-electron chi connectivity index (χ1n) is 5.21. The van der Waals surface area contributed by atoms with E-state index in [-0.39, 0.29) is 11.9 Å². The Morgan fingerprint density at radius 1 is 1.56 bits per heavy atom. The largest absolute Gasteiger partial charge is 0.486 e. The van der Waals surface area contributed by atoms with E-state index in [9.17, 15) is 4.79 Å². The van der Waals surface area contributed by atoms with Crippen molar-refractivity contribution in [2.45, 2.75) is 19.4 Å². The molecule has 1 heterocycles. The second-order valence-electron chi connectivity index (χ2n) is 3.80. The van der Waals surface area contributed by atoms with Gasteiger partial charge in [-0.1, -0.05) is 11.6 Å². The lowest BCUT2D eigenvalue weighted by atomic mass is 10.1. The highest BCUT2D eigenvalue weighted by Gasteiger charge is 2.18. The van der Waals surface area contributed by atoms with Crippen LogP contribution in [-0.4, -0.2) is 25.1 Å². The molecule has 1 aromatic rings. The van der Waals surface area contributed by atoms with Crippen LogP contribution in [0.25, 0.3) is 0 Å². The molecule has 2 rings (SSSR count). The van der Waals surface area contributed by atoms with Crippen molar-refractivity contribution in [3.63, 3.8) is 0 Å². The molecule has 0 bridgehead atoms. The van der Waals surface area contributed by atoms with Gasteiger partial charge in [0, 0.05) is 12.0 Å². The van der Waals surface area contributed by atoms with E-state index < -0.39 is 0 Å². The van der Waals surface area contributed by atoms with Gasteiger partial charge in [0.1, 0.15) is 11.9 Å². The van der Waals surface area contributed by atoms with Crippen LogP contribution in [0.1, 0.15) is 23.7 Å². The zero-order valence-electron chi connectivity index (χ0n) is 9.03. The number of ketones is 1. The normalized spacial score (nSPS) is 19.8. The van der Waals surface area contributed by atoms with E-state index in [1.807, 2.05) is 0 Å². The Morgan fingerprint density at radius 3 is 2.94 bits per heavy atom. The summed E-state index contributed by atoms with van der Waals surface area (Å²) in [6.07, 6.45) is 0.950. The van der Waals surface area contributed by atoms with Crippen LogP contribution in [0.3, 0.4) is 0 Å². The monoisotopic (exact) mass is 240 g/mol. The van der Waals surface area contributed by atoms with Crippen LogP contribution in [-0.2, 0) is 4.74 Å². The van der Waals surface area contributed by atoms with Crippen molar-refractivity contribution in [2.75, 3.05) is 13.2 Å². The predicted octanol–water partition coefficient (Wildman–Crippen LogP) is 2.71. The summed E-state index contributed by atoms with van der Waals surface area (Å²) in [5.74, 6) is 0.611. The van der Waals surface area contributed by atoms with Gasteiger partial charge in [-0.3, -0.25) is 4.79 Å². The molecule has 16 heavy (non-hydrogen) atoms. The molecule has 1 atom stereocenters. The first-order chi connectivity index (χ1) is 7.66. The van der Waals surface area contributed by atoms with E-state index in [1.54, 1.807) is 18.2 Å². The third kappa shape index (κ3) is 2.54. The van der Waals surface area contributed by atoms with Gasteiger partial charge in [-0.25, -0.2) is 0 Å². The lowest BCUT2D eigenvalue weighted by Gasteiger charge is -2.13. The van der Waals surface area contributed by atoms with Gasteiger partial charge < -0.3 is 9.47 Å². The summed E-state index contributed by atoms with van der Waals surface area (Å²) in [5, 5.41) is 0.472. The standard InChI is InChI=1S/C12H13ClO3/c1-8(14)9-2-3-12(11(13)6-9)16-10-4-5-15-7-10/h2-3,6,10H,4-5,7H2,1H3. The Hall–Kier alpha value is -1.06. The maximum absolute atomic E-state index is 11.1. The molecule has 1 aromatic carbocycles. The number of carbonyl (C=O) groups is 1. The molecule has 0 spiro atoms. The zero-order valence-corrected chi connectivity index (χ0v) is 9.79. The number of rotatable bonds is 3. The molecule has 0 saturated carbocycles. The summed E-state index contributed by atoms with van der Waals surface area (Å²) in [4.78, 5) is 11.1. The van der Waals surface area contributed by atoms with Crippen molar-refractivity contribution in [1.82, 2.24) is 0 Å². The van der Waals surface area contributed by atoms with E-state index in [0.29, 0.717) is 22.9 Å². The highest BCUT2D eigenvalue weighted by molar-refractivity contribution is 6.32. The second-order valence-corrected chi connectivity index (χ2v) is 4.21. The van der Waals surface area contributed by atoms with E-state index in [4.69, 9.17) is 21.1 Å². The molecule has 4 heteroatoms. The Labute approximate surface area is 99.3 Å². The Bertz CT molecular complexity index is 397. The molecule has 1 aliphatic heterocycles. The fourth-order valence-corrected chi connectivity index (χ4v) is 1.83. The highest BCUT2D eigenvalue weighted by Crippen LogP contribution is 2.27. The topological polar surface area (TPSA) is 35.5 Å². The highest BCUT2D eigenvalue weighted by atomic mass is 35.5. The van der Waals surface area contributed by atoms with Crippen LogP contribution in [0, 0.1) is 0 Å². The first-order valence-corrected chi connectivity index (χ1v) is 5.59. The van der Waals surface area contributed by atoms with Gasteiger partial charge in [-0.2, -0.15) is 0 Å². The van der Waals surface area contributed by atoms with Gasteiger partial charge >= 0.3 is 0 Å². The number of carbonyl (C=O) groups excluding carboxylic acids is 1. The number of benzene rings is 1. The van der Waals surface area contributed by atoms with E-state index in [0.717, 1.165) is 13.0 Å². The average Bonchev–Trinajstić information content (AvgIpc) is 2.73. The zero-order chi connectivity index (χ0) is 11.5. The van der Waals surface area contributed by atoms with Gasteiger partial charge in [-0.05, 0) is 25.1 Å². The summed E-state index contributed by atoms with van der Waals surface area (Å²) in [6, 6.07) is 5.09. The number of hydrogen-bond acceptors (Lipinski definition) is 3. The van der Waals surface area contributed by atoms with Crippen LogP contribution < -0.4 is 4.74 Å². The first kappa shape index (κ1) is 11.4. The summed E-state index contributed by atoms with van der Waals surface area (Å²) >= 11 is 6.03. The fraction of sp³-hybridized carbons (Fsp3) is 0.417. The minimum absolute atomic E-state index is 0.00218. The molecule has 3 nitrogen and oxygen atoms in total. The van der Waals surface area contributed by atoms with Crippen LogP contribution in [0.15, 0.2) is 18.2 Å². The molecule has 0 N–H and O–H groups in total. The van der Waals surface area contributed by atoms with Crippen molar-refractivity contribution >= 4 is 17.4 Å². The van der Waals surface area contributed by atoms with Gasteiger partial charge in [0.25, 0.3) is 0 Å². The van der Waals surface area contributed by atoms with Gasteiger partial charge in [-0.15, -0.1) is 0 Å². The van der Waals surface area contributed by atoms with Gasteiger partial charge in [0.05, 0.1) is 18.2 Å². The molecule has 0 aliphatic carbocycles. The van der Waals surface area contributed by atoms with Crippen molar-refractivity contribution in [2.24, 2.45) is 0 Å². The number of halogens is 1. The SMILES string of the molecule is CC(=O)c1ccc(OC2CCOC2)c(Cl)c1. The maximum atomic E-state index is 11.1. The lowest BCUT2D eigenvalue weighted by molar-refractivity contribution is 0.101. The number of hydrogen-bond donors (Lipinski definition) is 0.